The maximum Gasteiger partial charge on any atom is 0.333 e. The molecule has 0 N–H and O–H groups in total. The Kier molecular flexibility index (Phi) is 5.33. The van der Waals surface area contributed by atoms with Crippen molar-refractivity contribution in [2.45, 2.75) is 46.6 Å². The van der Waals surface area contributed by atoms with Crippen LogP contribution in [0.2, 0.25) is 0 Å². The number of carbonyl (C=O) groups excluding carboxylic acids is 1. The number of hydrogen-bond acceptors (Lipinski definition) is 4. The number of ether oxygens (including phenoxy) is 1. The lowest BCUT2D eigenvalue weighted by Gasteiger charge is -2.28. The van der Waals surface area contributed by atoms with Crippen molar-refractivity contribution in [1.82, 2.24) is 5.01 Å². The second kappa shape index (κ2) is 5.73. The van der Waals surface area contributed by atoms with Crippen molar-refractivity contribution in [3.8, 4) is 0 Å². The van der Waals surface area contributed by atoms with Crippen molar-refractivity contribution in [2.24, 2.45) is 5.10 Å². The predicted molar refractivity (Wildman–Crippen MR) is 61.9 cm³/mol. The first-order chi connectivity index (χ1) is 7.00. The summed E-state index contributed by atoms with van der Waals surface area (Å²) in [5.74, 6) is -0.196. The zero-order valence-corrected chi connectivity index (χ0v) is 10.6. The first kappa shape index (κ1) is 13.9. The lowest BCUT2D eigenvalue weighted by atomic mass is 9.97. The number of hydrazone groups is 1. The van der Waals surface area contributed by atoms with Crippen molar-refractivity contribution in [1.29, 1.82) is 0 Å². The minimum Gasteiger partial charge on any atom is -0.464 e. The summed E-state index contributed by atoms with van der Waals surface area (Å²) in [7, 11) is 1.80. The van der Waals surface area contributed by atoms with E-state index in [0.29, 0.717) is 13.0 Å². The van der Waals surface area contributed by atoms with E-state index < -0.39 is 5.54 Å². The summed E-state index contributed by atoms with van der Waals surface area (Å²) in [6, 6.07) is 0. The molecule has 1 aliphatic heterocycles. The lowest BCUT2D eigenvalue weighted by molar-refractivity contribution is -0.154. The Hall–Kier alpha value is -1.06. The lowest BCUT2D eigenvalue weighted by Crippen LogP contribution is -2.46. The van der Waals surface area contributed by atoms with E-state index in [0.717, 1.165) is 5.71 Å². The summed E-state index contributed by atoms with van der Waals surface area (Å²) in [5.41, 5.74) is 0.373. The largest absolute Gasteiger partial charge is 0.464 e. The van der Waals surface area contributed by atoms with Crippen LogP contribution in [0.15, 0.2) is 5.10 Å². The molecule has 0 aromatic carbocycles. The molecule has 4 heteroatoms. The van der Waals surface area contributed by atoms with Gasteiger partial charge in [-0.25, -0.2) is 4.79 Å². The molecule has 1 unspecified atom stereocenters. The van der Waals surface area contributed by atoms with E-state index in [2.05, 4.69) is 5.10 Å². The van der Waals surface area contributed by atoms with Gasteiger partial charge in [0.2, 0.25) is 0 Å². The highest BCUT2D eigenvalue weighted by molar-refractivity contribution is 5.93. The number of rotatable bonds is 2. The van der Waals surface area contributed by atoms with Gasteiger partial charge in [0.25, 0.3) is 0 Å². The van der Waals surface area contributed by atoms with Gasteiger partial charge in [0.15, 0.2) is 5.54 Å². The van der Waals surface area contributed by atoms with E-state index in [9.17, 15) is 4.79 Å². The quantitative estimate of drug-likeness (QED) is 0.661. The molecule has 15 heavy (non-hydrogen) atoms. The Morgan fingerprint density at radius 1 is 1.60 bits per heavy atom. The van der Waals surface area contributed by atoms with Gasteiger partial charge in [0.1, 0.15) is 0 Å². The molecule has 0 aliphatic carbocycles. The van der Waals surface area contributed by atoms with Crippen LogP contribution in [0, 0.1) is 0 Å². The molecule has 0 fully saturated rings. The molecule has 0 saturated heterocycles. The van der Waals surface area contributed by atoms with Crippen LogP contribution in [-0.2, 0) is 9.53 Å². The van der Waals surface area contributed by atoms with Crippen LogP contribution in [0.5, 0.6) is 0 Å². The topological polar surface area (TPSA) is 41.9 Å². The molecule has 1 aliphatic rings. The normalized spacial score (nSPS) is 24.1. The molecule has 1 rings (SSSR count). The Bertz CT molecular complexity index is 251. The van der Waals surface area contributed by atoms with Gasteiger partial charge in [-0.05, 0) is 20.8 Å². The monoisotopic (exact) mass is 214 g/mol. The summed E-state index contributed by atoms with van der Waals surface area (Å²) in [5, 5.41) is 5.88. The highest BCUT2D eigenvalue weighted by Crippen LogP contribution is 2.26. The highest BCUT2D eigenvalue weighted by Gasteiger charge is 2.43. The standard InChI is InChI=1S/C9H16N2O2.C2H6/c1-5-13-8(12)9(3)6-7(2)10-11(9)4;1-2/h5-6H2,1-4H3;1-2H3. The maximum absolute atomic E-state index is 11.6. The van der Waals surface area contributed by atoms with Gasteiger partial charge in [-0.2, -0.15) is 5.10 Å². The van der Waals surface area contributed by atoms with Crippen molar-refractivity contribution in [3.63, 3.8) is 0 Å². The molecule has 0 saturated carbocycles. The first-order valence-corrected chi connectivity index (χ1v) is 5.46. The van der Waals surface area contributed by atoms with E-state index in [4.69, 9.17) is 4.74 Å². The Morgan fingerprint density at radius 3 is 2.47 bits per heavy atom. The third-order valence-electron chi connectivity index (χ3n) is 2.35. The fourth-order valence-electron chi connectivity index (χ4n) is 1.51. The molecule has 1 atom stereocenters. The van der Waals surface area contributed by atoms with Gasteiger partial charge in [-0.1, -0.05) is 13.8 Å². The summed E-state index contributed by atoms with van der Waals surface area (Å²) >= 11 is 0. The van der Waals surface area contributed by atoms with E-state index in [-0.39, 0.29) is 5.97 Å². The van der Waals surface area contributed by atoms with Crippen LogP contribution in [0.1, 0.15) is 41.0 Å². The van der Waals surface area contributed by atoms with Gasteiger partial charge in [-0.15, -0.1) is 0 Å². The van der Waals surface area contributed by atoms with Crippen molar-refractivity contribution in [2.75, 3.05) is 13.7 Å². The summed E-state index contributed by atoms with van der Waals surface area (Å²) in [6.07, 6.45) is 0.655. The number of nitrogens with zero attached hydrogens (tertiary/aromatic N) is 2. The maximum atomic E-state index is 11.6. The number of carbonyl (C=O) groups is 1. The molecule has 88 valence electrons. The zero-order chi connectivity index (χ0) is 12.1. The molecule has 0 radical (unpaired) electrons. The summed E-state index contributed by atoms with van der Waals surface area (Å²) < 4.78 is 4.99. The Morgan fingerprint density at radius 2 is 2.13 bits per heavy atom. The molecule has 1 heterocycles. The van der Waals surface area contributed by atoms with Gasteiger partial charge in [0, 0.05) is 19.2 Å². The minimum absolute atomic E-state index is 0.196. The van der Waals surface area contributed by atoms with Crippen LogP contribution in [0.3, 0.4) is 0 Å². The Labute approximate surface area is 92.3 Å². The molecule has 4 nitrogen and oxygen atoms in total. The molecule has 0 aromatic rings. The van der Waals surface area contributed by atoms with Crippen LogP contribution in [0.4, 0.5) is 0 Å². The summed E-state index contributed by atoms with van der Waals surface area (Å²) in [6.45, 7) is 10.00. The number of likely N-dealkylation sites (N-methyl/N-ethyl adjacent to an activating group) is 1. The fraction of sp³-hybridized carbons (Fsp3) is 0.818. The van der Waals surface area contributed by atoms with Crippen LogP contribution in [0.25, 0.3) is 0 Å². The zero-order valence-electron chi connectivity index (χ0n) is 10.6. The molecule has 0 spiro atoms. The average Bonchev–Trinajstić information content (AvgIpc) is 2.45. The third-order valence-corrected chi connectivity index (χ3v) is 2.35. The highest BCUT2D eigenvalue weighted by atomic mass is 16.5. The van der Waals surface area contributed by atoms with Crippen LogP contribution < -0.4 is 0 Å². The molecular formula is C11H22N2O2. The predicted octanol–water partition coefficient (Wildman–Crippen LogP) is 2.05. The van der Waals surface area contributed by atoms with E-state index in [1.165, 1.54) is 0 Å². The van der Waals surface area contributed by atoms with Gasteiger partial charge in [-0.3, -0.25) is 5.01 Å². The minimum atomic E-state index is -0.597. The fourth-order valence-corrected chi connectivity index (χ4v) is 1.51. The van der Waals surface area contributed by atoms with Crippen molar-refractivity contribution < 1.29 is 9.53 Å². The van der Waals surface area contributed by atoms with Gasteiger partial charge >= 0.3 is 5.97 Å². The SMILES string of the molecule is CC.CCOC(=O)C1(C)CC(C)=NN1C. The van der Waals surface area contributed by atoms with E-state index in [1.807, 2.05) is 34.6 Å². The van der Waals surface area contributed by atoms with Crippen LogP contribution >= 0.6 is 0 Å². The van der Waals surface area contributed by atoms with Crippen molar-refractivity contribution >= 4 is 11.7 Å². The van der Waals surface area contributed by atoms with Crippen molar-refractivity contribution in [3.05, 3.63) is 0 Å². The third kappa shape index (κ3) is 2.94. The molecule has 0 bridgehead atoms. The number of esters is 1. The first-order valence-electron chi connectivity index (χ1n) is 5.46. The summed E-state index contributed by atoms with van der Waals surface area (Å²) in [4.78, 5) is 11.6. The molecule has 0 amide bonds. The van der Waals surface area contributed by atoms with Gasteiger partial charge < -0.3 is 4.74 Å². The number of hydrogen-bond donors (Lipinski definition) is 0. The second-order valence-corrected chi connectivity index (χ2v) is 3.53. The van der Waals surface area contributed by atoms with E-state index >= 15 is 0 Å². The molecule has 0 aromatic heterocycles. The van der Waals surface area contributed by atoms with Crippen LogP contribution in [-0.4, -0.2) is 35.9 Å². The smallest absolute Gasteiger partial charge is 0.333 e. The van der Waals surface area contributed by atoms with Gasteiger partial charge in [0.05, 0.1) is 6.61 Å². The molecular weight excluding hydrogens is 192 g/mol. The van der Waals surface area contributed by atoms with E-state index in [1.54, 1.807) is 12.1 Å². The Balaban J connectivity index is 0.000000921. The average molecular weight is 214 g/mol. The second-order valence-electron chi connectivity index (χ2n) is 3.53.